The minimum atomic E-state index is -0.279. The van der Waals surface area contributed by atoms with Crippen molar-refractivity contribution in [2.45, 2.75) is 46.3 Å². The van der Waals surface area contributed by atoms with Gasteiger partial charge in [-0.1, -0.05) is 27.7 Å². The highest BCUT2D eigenvalue weighted by Crippen LogP contribution is 2.55. The van der Waals surface area contributed by atoms with E-state index in [1.165, 1.54) is 0 Å². The molecule has 0 spiro atoms. The molecule has 7 heteroatoms. The highest BCUT2D eigenvalue weighted by atomic mass is 79.9. The second kappa shape index (κ2) is 7.08. The number of ether oxygens (including phenoxy) is 1. The van der Waals surface area contributed by atoms with Gasteiger partial charge in [0.1, 0.15) is 17.9 Å². The van der Waals surface area contributed by atoms with Crippen LogP contribution in [-0.2, 0) is 4.79 Å². The fourth-order valence-corrected chi connectivity index (χ4v) is 4.79. The van der Waals surface area contributed by atoms with Gasteiger partial charge >= 0.3 is 0 Å². The van der Waals surface area contributed by atoms with Crippen LogP contribution in [0.2, 0.25) is 0 Å². The third kappa shape index (κ3) is 3.51. The van der Waals surface area contributed by atoms with E-state index in [0.29, 0.717) is 22.3 Å². The van der Waals surface area contributed by atoms with Gasteiger partial charge in [-0.05, 0) is 34.1 Å². The first kappa shape index (κ1) is 19.6. The molecule has 0 unspecified atom stereocenters. The lowest BCUT2D eigenvalue weighted by molar-refractivity contribution is -0.171. The van der Waals surface area contributed by atoms with Gasteiger partial charge < -0.3 is 10.1 Å². The normalized spacial score (nSPS) is 25.0. The average molecular weight is 431 g/mol. The zero-order valence-electron chi connectivity index (χ0n) is 15.9. The number of rotatable bonds is 4. The molecule has 1 N–H and O–H groups in total. The van der Waals surface area contributed by atoms with Gasteiger partial charge in [0.25, 0.3) is 5.91 Å². The topological polar surface area (TPSA) is 86.8 Å². The van der Waals surface area contributed by atoms with Gasteiger partial charge in [0, 0.05) is 40.5 Å². The number of carbonyl (C=O) groups excluding carboxylic acids is 1. The van der Waals surface area contributed by atoms with Crippen LogP contribution in [0.3, 0.4) is 0 Å². The van der Waals surface area contributed by atoms with Crippen LogP contribution < -0.4 is 10.1 Å². The van der Waals surface area contributed by atoms with Crippen molar-refractivity contribution in [3.8, 4) is 11.8 Å². The Bertz CT molecular complexity index is 851. The number of hydrogen-bond acceptors (Lipinski definition) is 5. The molecule has 1 aliphatic carbocycles. The molecule has 1 aromatic carbocycles. The van der Waals surface area contributed by atoms with E-state index in [1.807, 2.05) is 6.07 Å². The predicted octanol–water partition coefficient (Wildman–Crippen LogP) is 3.49. The Morgan fingerprint density at radius 3 is 2.59 bits per heavy atom. The smallest absolute Gasteiger partial charge is 0.288 e. The van der Waals surface area contributed by atoms with Crippen LogP contribution in [0.1, 0.15) is 39.7 Å². The highest BCUT2D eigenvalue weighted by Gasteiger charge is 2.64. The minimum absolute atomic E-state index is 0.0795. The van der Waals surface area contributed by atoms with Crippen molar-refractivity contribution in [3.63, 3.8) is 0 Å². The van der Waals surface area contributed by atoms with E-state index in [1.54, 1.807) is 18.3 Å². The maximum absolute atomic E-state index is 12.5. The molecule has 0 radical (unpaired) electrons. The first-order chi connectivity index (χ1) is 12.7. The van der Waals surface area contributed by atoms with Gasteiger partial charge in [-0.25, -0.2) is 4.99 Å². The van der Waals surface area contributed by atoms with Gasteiger partial charge in [-0.15, -0.1) is 0 Å². The summed E-state index contributed by atoms with van der Waals surface area (Å²) >= 11 is 3.40. The lowest BCUT2D eigenvalue weighted by Crippen LogP contribution is -2.75. The van der Waals surface area contributed by atoms with Crippen LogP contribution in [0.25, 0.3) is 0 Å². The molecule has 0 aromatic heterocycles. The molecule has 1 aliphatic heterocycles. The molecule has 1 saturated carbocycles. The number of halogens is 1. The van der Waals surface area contributed by atoms with Gasteiger partial charge in [-0.3, -0.25) is 9.79 Å². The van der Waals surface area contributed by atoms with Crippen molar-refractivity contribution in [2.75, 3.05) is 6.54 Å². The molecular weight excluding hydrogens is 408 g/mol. The molecule has 1 heterocycles. The number of nitriles is 1. The molecule has 0 saturated heterocycles. The largest absolute Gasteiger partial charge is 0.489 e. The molecule has 0 atom stereocenters. The van der Waals surface area contributed by atoms with Crippen molar-refractivity contribution in [3.05, 3.63) is 28.2 Å². The van der Waals surface area contributed by atoms with Crippen molar-refractivity contribution in [1.82, 2.24) is 5.32 Å². The Balaban J connectivity index is 1.75. The Hall–Kier alpha value is -2.20. The van der Waals surface area contributed by atoms with Crippen molar-refractivity contribution in [2.24, 2.45) is 20.8 Å². The number of benzene rings is 1. The molecule has 1 aromatic rings. The fourth-order valence-electron chi connectivity index (χ4n) is 4.34. The monoisotopic (exact) mass is 430 g/mol. The number of amidine groups is 1. The summed E-state index contributed by atoms with van der Waals surface area (Å²) in [7, 11) is 0. The van der Waals surface area contributed by atoms with E-state index in [9.17, 15) is 4.79 Å². The van der Waals surface area contributed by atoms with Crippen LogP contribution in [0.4, 0.5) is 0 Å². The molecule has 1 fully saturated rings. The number of aliphatic imine (C=N–C) groups is 2. The molecule has 1 amide bonds. The Morgan fingerprint density at radius 1 is 1.33 bits per heavy atom. The van der Waals surface area contributed by atoms with Gasteiger partial charge in [-0.2, -0.15) is 5.26 Å². The first-order valence-electron chi connectivity index (χ1n) is 8.92. The van der Waals surface area contributed by atoms with Gasteiger partial charge in [0.2, 0.25) is 5.84 Å². The van der Waals surface area contributed by atoms with E-state index in [0.717, 1.165) is 6.42 Å². The Kier molecular flexibility index (Phi) is 5.13. The molecule has 0 bridgehead atoms. The molecule has 142 valence electrons. The predicted molar refractivity (Wildman–Crippen MR) is 108 cm³/mol. The third-order valence-corrected chi connectivity index (χ3v) is 6.02. The van der Waals surface area contributed by atoms with E-state index in [4.69, 9.17) is 10.00 Å². The number of amides is 1. The first-order valence-corrected chi connectivity index (χ1v) is 9.71. The zero-order valence-corrected chi connectivity index (χ0v) is 17.5. The van der Waals surface area contributed by atoms with E-state index in [2.05, 4.69) is 65.0 Å². The number of nitrogens with one attached hydrogen (secondary N) is 1. The van der Waals surface area contributed by atoms with Gasteiger partial charge in [0.05, 0.1) is 5.56 Å². The van der Waals surface area contributed by atoms with Gasteiger partial charge in [0.15, 0.2) is 0 Å². The van der Waals surface area contributed by atoms with E-state index in [-0.39, 0.29) is 34.7 Å². The van der Waals surface area contributed by atoms with Crippen molar-refractivity contribution in [1.29, 1.82) is 5.26 Å². The zero-order chi connectivity index (χ0) is 19.8. The fraction of sp³-hybridized carbons (Fsp3) is 0.500. The second-order valence-corrected chi connectivity index (χ2v) is 8.96. The van der Waals surface area contributed by atoms with Crippen LogP contribution >= 0.6 is 15.9 Å². The maximum Gasteiger partial charge on any atom is 0.288 e. The Morgan fingerprint density at radius 2 is 2.04 bits per heavy atom. The SMILES string of the molecule is CC1(C)[C@H](NC(=O)C2=NCCC=N2)C(C)(C)[C@H]1Oc1ccc(C#N)c(Br)c1. The number of nitrogens with zero attached hydrogens (tertiary/aromatic N) is 3. The van der Waals surface area contributed by atoms with Crippen LogP contribution in [-0.4, -0.2) is 36.6 Å². The van der Waals surface area contributed by atoms with Crippen LogP contribution in [0, 0.1) is 22.2 Å². The molecule has 3 rings (SSSR count). The average Bonchev–Trinajstić information content (AvgIpc) is 2.64. The van der Waals surface area contributed by atoms with Crippen molar-refractivity contribution >= 4 is 33.9 Å². The molecule has 6 nitrogen and oxygen atoms in total. The Labute approximate surface area is 167 Å². The van der Waals surface area contributed by atoms with Crippen LogP contribution in [0.15, 0.2) is 32.7 Å². The summed E-state index contributed by atoms with van der Waals surface area (Å²) in [6.45, 7) is 8.93. The second-order valence-electron chi connectivity index (χ2n) is 8.11. The lowest BCUT2D eigenvalue weighted by Gasteiger charge is -2.63. The summed E-state index contributed by atoms with van der Waals surface area (Å²) < 4.78 is 6.97. The summed E-state index contributed by atoms with van der Waals surface area (Å²) in [5, 5.41) is 12.2. The minimum Gasteiger partial charge on any atom is -0.489 e. The summed E-state index contributed by atoms with van der Waals surface area (Å²) in [5.74, 6) is 0.697. The number of hydrogen-bond donors (Lipinski definition) is 1. The summed E-state index contributed by atoms with van der Waals surface area (Å²) in [6, 6.07) is 7.38. The standard InChI is InChI=1S/C20H23BrN4O2/c1-19(2)17(25-16(26)15-23-8-5-9-24-15)20(3,4)18(19)27-13-7-6-12(11-22)14(21)10-13/h6-8,10,17-18H,5,9H2,1-4H3,(H,25,26)/t17-,18-. The molecule has 2 aliphatic rings. The maximum atomic E-state index is 12.5. The highest BCUT2D eigenvalue weighted by molar-refractivity contribution is 9.10. The van der Waals surface area contributed by atoms with E-state index >= 15 is 0 Å². The van der Waals surface area contributed by atoms with Crippen LogP contribution in [0.5, 0.6) is 5.75 Å². The van der Waals surface area contributed by atoms with E-state index < -0.39 is 0 Å². The summed E-state index contributed by atoms with van der Waals surface area (Å²) in [5.41, 5.74) is 0.00479. The quantitative estimate of drug-likeness (QED) is 0.792. The summed E-state index contributed by atoms with van der Waals surface area (Å²) in [6.07, 6.45) is 2.40. The third-order valence-electron chi connectivity index (χ3n) is 5.37. The number of carbonyl (C=O) groups is 1. The summed E-state index contributed by atoms with van der Waals surface area (Å²) in [4.78, 5) is 20.8. The lowest BCUT2D eigenvalue weighted by atomic mass is 9.49. The molecule has 27 heavy (non-hydrogen) atoms. The molecular formula is C20H23BrN4O2. The van der Waals surface area contributed by atoms with Crippen molar-refractivity contribution < 1.29 is 9.53 Å².